The lowest BCUT2D eigenvalue weighted by molar-refractivity contribution is -0.137. The molecule has 2 aromatic carbocycles. The zero-order valence-electron chi connectivity index (χ0n) is 14.1. The Kier molecular flexibility index (Phi) is 6.02. The first-order valence-corrected chi connectivity index (χ1v) is 7.96. The molecule has 0 aromatic heterocycles. The fraction of sp³-hybridized carbons (Fsp3) is 0.263. The molecule has 0 radical (unpaired) electrons. The number of carbonyl (C=O) groups excluding carboxylic acids is 2. The molecule has 0 spiro atoms. The number of amides is 2. The second kappa shape index (κ2) is 8.03. The number of hydrogen-bond acceptors (Lipinski definition) is 2. The van der Waals surface area contributed by atoms with Crippen molar-refractivity contribution in [2.45, 2.75) is 32.0 Å². The topological polar surface area (TPSA) is 72.2 Å². The van der Waals surface area contributed by atoms with Crippen LogP contribution in [-0.2, 0) is 28.6 Å². The molecular formula is C19H19F3N2O2. The zero-order chi connectivity index (χ0) is 19.3. The molecule has 2 rings (SSSR count). The minimum Gasteiger partial charge on any atom is -0.368 e. The average Bonchev–Trinajstić information content (AvgIpc) is 2.55. The molecule has 0 unspecified atom stereocenters. The summed E-state index contributed by atoms with van der Waals surface area (Å²) < 4.78 is 37.7. The van der Waals surface area contributed by atoms with Gasteiger partial charge in [0.15, 0.2) is 0 Å². The van der Waals surface area contributed by atoms with Crippen molar-refractivity contribution in [2.75, 3.05) is 0 Å². The molecule has 26 heavy (non-hydrogen) atoms. The maximum atomic E-state index is 12.6. The standard InChI is InChI=1S/C19H19F3N2O2/c1-12-4-2-3-5-14(12)11-16(18(23)26)24-17(25)10-13-6-8-15(9-7-13)19(20,21)22/h2-9,16H,10-11H2,1H3,(H2,23,26)(H,24,25)/t16-/m0/s1. The van der Waals surface area contributed by atoms with Crippen molar-refractivity contribution in [3.63, 3.8) is 0 Å². The summed E-state index contributed by atoms with van der Waals surface area (Å²) in [5.74, 6) is -1.16. The van der Waals surface area contributed by atoms with Gasteiger partial charge in [-0.2, -0.15) is 13.2 Å². The van der Waals surface area contributed by atoms with E-state index in [0.29, 0.717) is 5.56 Å². The summed E-state index contributed by atoms with van der Waals surface area (Å²) >= 11 is 0. The molecule has 0 aliphatic carbocycles. The average molecular weight is 364 g/mol. The number of carbonyl (C=O) groups is 2. The van der Waals surface area contributed by atoms with Crippen LogP contribution >= 0.6 is 0 Å². The van der Waals surface area contributed by atoms with Crippen LogP contribution in [0.1, 0.15) is 22.3 Å². The lowest BCUT2D eigenvalue weighted by Crippen LogP contribution is -2.46. The first-order chi connectivity index (χ1) is 12.2. The van der Waals surface area contributed by atoms with Crippen molar-refractivity contribution >= 4 is 11.8 Å². The van der Waals surface area contributed by atoms with Gasteiger partial charge in [0.25, 0.3) is 0 Å². The number of primary amides is 1. The summed E-state index contributed by atoms with van der Waals surface area (Å²) in [7, 11) is 0. The molecule has 4 nitrogen and oxygen atoms in total. The van der Waals surface area contributed by atoms with E-state index in [1.807, 2.05) is 31.2 Å². The van der Waals surface area contributed by atoms with Gasteiger partial charge in [0.1, 0.15) is 6.04 Å². The van der Waals surface area contributed by atoms with Crippen LogP contribution in [-0.4, -0.2) is 17.9 Å². The highest BCUT2D eigenvalue weighted by Gasteiger charge is 2.30. The molecule has 0 fully saturated rings. The Bertz CT molecular complexity index is 786. The molecule has 0 saturated carbocycles. The third-order valence-corrected chi connectivity index (χ3v) is 4.01. The number of rotatable bonds is 6. The molecule has 0 heterocycles. The van der Waals surface area contributed by atoms with E-state index in [1.165, 1.54) is 12.1 Å². The quantitative estimate of drug-likeness (QED) is 0.827. The number of hydrogen-bond donors (Lipinski definition) is 2. The minimum atomic E-state index is -4.43. The summed E-state index contributed by atoms with van der Waals surface area (Å²) in [6.07, 6.45) is -4.32. The highest BCUT2D eigenvalue weighted by atomic mass is 19.4. The van der Waals surface area contributed by atoms with Crippen LogP contribution in [0.4, 0.5) is 13.2 Å². The fourth-order valence-corrected chi connectivity index (χ4v) is 2.52. The molecule has 2 amide bonds. The van der Waals surface area contributed by atoms with Gasteiger partial charge in [0.05, 0.1) is 12.0 Å². The number of aryl methyl sites for hydroxylation is 1. The van der Waals surface area contributed by atoms with Crippen molar-refractivity contribution < 1.29 is 22.8 Å². The number of alkyl halides is 3. The molecule has 1 atom stereocenters. The van der Waals surface area contributed by atoms with Crippen molar-refractivity contribution in [3.05, 3.63) is 70.8 Å². The predicted octanol–water partition coefficient (Wildman–Crippen LogP) is 2.77. The highest BCUT2D eigenvalue weighted by Crippen LogP contribution is 2.29. The van der Waals surface area contributed by atoms with Crippen LogP contribution < -0.4 is 11.1 Å². The molecule has 0 aliphatic heterocycles. The predicted molar refractivity (Wildman–Crippen MR) is 91.2 cm³/mol. The van der Waals surface area contributed by atoms with Gasteiger partial charge in [-0.25, -0.2) is 0 Å². The van der Waals surface area contributed by atoms with E-state index in [9.17, 15) is 22.8 Å². The Morgan fingerprint density at radius 1 is 1.08 bits per heavy atom. The molecule has 3 N–H and O–H groups in total. The van der Waals surface area contributed by atoms with Gasteiger partial charge in [-0.15, -0.1) is 0 Å². The molecule has 0 bridgehead atoms. The van der Waals surface area contributed by atoms with Gasteiger partial charge in [-0.05, 0) is 35.7 Å². The molecular weight excluding hydrogens is 345 g/mol. The van der Waals surface area contributed by atoms with Crippen molar-refractivity contribution in [1.29, 1.82) is 0 Å². The Balaban J connectivity index is 2.02. The number of benzene rings is 2. The number of nitrogens with one attached hydrogen (secondary N) is 1. The van der Waals surface area contributed by atoms with Crippen LogP contribution in [0.15, 0.2) is 48.5 Å². The van der Waals surface area contributed by atoms with Crippen LogP contribution in [0.25, 0.3) is 0 Å². The van der Waals surface area contributed by atoms with E-state index in [0.717, 1.165) is 23.3 Å². The number of halogens is 3. The third kappa shape index (κ3) is 5.34. The van der Waals surface area contributed by atoms with Gasteiger partial charge in [-0.1, -0.05) is 36.4 Å². The van der Waals surface area contributed by atoms with Gasteiger partial charge in [0.2, 0.25) is 11.8 Å². The smallest absolute Gasteiger partial charge is 0.368 e. The second-order valence-electron chi connectivity index (χ2n) is 6.02. The summed E-state index contributed by atoms with van der Waals surface area (Å²) in [6, 6.07) is 10.8. The fourth-order valence-electron chi connectivity index (χ4n) is 2.52. The molecule has 0 saturated heterocycles. The SMILES string of the molecule is Cc1ccccc1C[C@H](NC(=O)Cc1ccc(C(F)(F)F)cc1)C(N)=O. The summed E-state index contributed by atoms with van der Waals surface area (Å²) in [6.45, 7) is 1.89. The van der Waals surface area contributed by atoms with Crippen LogP contribution in [0.2, 0.25) is 0 Å². The van der Waals surface area contributed by atoms with E-state index < -0.39 is 29.6 Å². The Hall–Kier alpha value is -2.83. The number of nitrogens with two attached hydrogens (primary N) is 1. The van der Waals surface area contributed by atoms with E-state index in [1.54, 1.807) is 0 Å². The van der Waals surface area contributed by atoms with Crippen LogP contribution in [0.3, 0.4) is 0 Å². The summed E-state index contributed by atoms with van der Waals surface area (Å²) in [5, 5.41) is 2.55. The lowest BCUT2D eigenvalue weighted by atomic mass is 10.0. The monoisotopic (exact) mass is 364 g/mol. The van der Waals surface area contributed by atoms with Crippen molar-refractivity contribution in [2.24, 2.45) is 5.73 Å². The van der Waals surface area contributed by atoms with Gasteiger partial charge in [-0.3, -0.25) is 9.59 Å². The van der Waals surface area contributed by atoms with Gasteiger partial charge in [0, 0.05) is 6.42 Å². The van der Waals surface area contributed by atoms with E-state index in [-0.39, 0.29) is 12.8 Å². The highest BCUT2D eigenvalue weighted by molar-refractivity contribution is 5.87. The summed E-state index contributed by atoms with van der Waals surface area (Å²) in [5.41, 5.74) is 6.84. The lowest BCUT2D eigenvalue weighted by Gasteiger charge is -2.17. The van der Waals surface area contributed by atoms with Crippen LogP contribution in [0.5, 0.6) is 0 Å². The minimum absolute atomic E-state index is 0.143. The molecule has 138 valence electrons. The van der Waals surface area contributed by atoms with Gasteiger partial charge >= 0.3 is 6.18 Å². The van der Waals surface area contributed by atoms with Gasteiger partial charge < -0.3 is 11.1 Å². The van der Waals surface area contributed by atoms with E-state index in [4.69, 9.17) is 5.73 Å². The largest absolute Gasteiger partial charge is 0.416 e. The summed E-state index contributed by atoms with van der Waals surface area (Å²) in [4.78, 5) is 23.8. The zero-order valence-corrected chi connectivity index (χ0v) is 14.1. The van der Waals surface area contributed by atoms with E-state index in [2.05, 4.69) is 5.32 Å². The second-order valence-corrected chi connectivity index (χ2v) is 6.02. The molecule has 0 aliphatic rings. The molecule has 7 heteroatoms. The third-order valence-electron chi connectivity index (χ3n) is 4.01. The molecule has 2 aromatic rings. The normalized spacial score (nSPS) is 12.5. The Morgan fingerprint density at radius 2 is 1.69 bits per heavy atom. The first kappa shape index (κ1) is 19.5. The Morgan fingerprint density at radius 3 is 2.23 bits per heavy atom. The first-order valence-electron chi connectivity index (χ1n) is 7.96. The Labute approximate surface area is 149 Å². The maximum absolute atomic E-state index is 12.6. The maximum Gasteiger partial charge on any atom is 0.416 e. The van der Waals surface area contributed by atoms with Crippen LogP contribution in [0, 0.1) is 6.92 Å². The van der Waals surface area contributed by atoms with Crippen molar-refractivity contribution in [1.82, 2.24) is 5.32 Å². The van der Waals surface area contributed by atoms with E-state index >= 15 is 0 Å². The van der Waals surface area contributed by atoms with Crippen molar-refractivity contribution in [3.8, 4) is 0 Å².